The summed E-state index contributed by atoms with van der Waals surface area (Å²) in [5, 5.41) is 3.31. The molecule has 0 amide bonds. The SMILES string of the molecule is CCOC(=O)c1c(NCC(C)(C)C)nc(Cc2ccccc2)n1C. The van der Waals surface area contributed by atoms with E-state index in [-0.39, 0.29) is 11.4 Å². The van der Waals surface area contributed by atoms with E-state index in [0.717, 1.165) is 17.9 Å². The predicted molar refractivity (Wildman–Crippen MR) is 96.4 cm³/mol. The molecule has 0 fully saturated rings. The molecule has 5 nitrogen and oxygen atoms in total. The molecule has 2 rings (SSSR count). The molecule has 1 aromatic heterocycles. The fourth-order valence-electron chi connectivity index (χ4n) is 2.39. The van der Waals surface area contributed by atoms with Gasteiger partial charge in [0.1, 0.15) is 5.82 Å². The van der Waals surface area contributed by atoms with Crippen LogP contribution in [0.3, 0.4) is 0 Å². The average Bonchev–Trinajstić information content (AvgIpc) is 2.82. The Morgan fingerprint density at radius 2 is 1.92 bits per heavy atom. The Hall–Kier alpha value is -2.30. The molecule has 130 valence electrons. The highest BCUT2D eigenvalue weighted by molar-refractivity contribution is 5.93. The van der Waals surface area contributed by atoms with Crippen molar-refractivity contribution in [1.82, 2.24) is 9.55 Å². The standard InChI is InChI=1S/C19H27N3O2/c1-6-24-18(23)16-17(20-13-19(2,3)4)21-15(22(16)5)12-14-10-8-7-9-11-14/h7-11,20H,6,12-13H2,1-5H3. The van der Waals surface area contributed by atoms with E-state index in [1.54, 1.807) is 6.92 Å². The molecule has 1 aromatic carbocycles. The Morgan fingerprint density at radius 1 is 1.25 bits per heavy atom. The van der Waals surface area contributed by atoms with Crippen LogP contribution in [0.4, 0.5) is 5.82 Å². The zero-order valence-corrected chi connectivity index (χ0v) is 15.2. The van der Waals surface area contributed by atoms with Gasteiger partial charge in [-0.15, -0.1) is 0 Å². The number of hydrogen-bond donors (Lipinski definition) is 1. The Morgan fingerprint density at radius 3 is 2.50 bits per heavy atom. The molecule has 0 saturated heterocycles. The molecule has 0 bridgehead atoms. The van der Waals surface area contributed by atoms with E-state index in [1.165, 1.54) is 0 Å². The summed E-state index contributed by atoms with van der Waals surface area (Å²) < 4.78 is 7.03. The van der Waals surface area contributed by atoms with Gasteiger partial charge < -0.3 is 14.6 Å². The van der Waals surface area contributed by atoms with E-state index < -0.39 is 0 Å². The lowest BCUT2D eigenvalue weighted by Gasteiger charge is -2.19. The lowest BCUT2D eigenvalue weighted by atomic mass is 9.97. The van der Waals surface area contributed by atoms with Crippen molar-refractivity contribution >= 4 is 11.8 Å². The molecule has 5 heteroatoms. The monoisotopic (exact) mass is 329 g/mol. The van der Waals surface area contributed by atoms with Gasteiger partial charge in [0.25, 0.3) is 0 Å². The van der Waals surface area contributed by atoms with Crippen LogP contribution in [-0.2, 0) is 18.2 Å². The lowest BCUT2D eigenvalue weighted by Crippen LogP contribution is -2.21. The summed E-state index contributed by atoms with van der Waals surface area (Å²) in [6.07, 6.45) is 0.668. The average molecular weight is 329 g/mol. The van der Waals surface area contributed by atoms with Crippen LogP contribution in [-0.4, -0.2) is 28.7 Å². The van der Waals surface area contributed by atoms with Gasteiger partial charge in [-0.1, -0.05) is 51.1 Å². The van der Waals surface area contributed by atoms with Gasteiger partial charge in [-0.3, -0.25) is 0 Å². The molecule has 0 aliphatic heterocycles. The third kappa shape index (κ3) is 4.60. The van der Waals surface area contributed by atoms with Crippen molar-refractivity contribution in [1.29, 1.82) is 0 Å². The number of hydrogen-bond acceptors (Lipinski definition) is 4. The summed E-state index contributed by atoms with van der Waals surface area (Å²) in [5.74, 6) is 1.08. The van der Waals surface area contributed by atoms with E-state index in [1.807, 2.05) is 29.8 Å². The first kappa shape index (κ1) is 18.0. The second kappa shape index (κ2) is 7.51. The summed E-state index contributed by atoms with van der Waals surface area (Å²) in [4.78, 5) is 17.0. The van der Waals surface area contributed by atoms with Crippen molar-refractivity contribution < 1.29 is 9.53 Å². The Kier molecular flexibility index (Phi) is 5.65. The summed E-state index contributed by atoms with van der Waals surface area (Å²) in [6.45, 7) is 9.28. The highest BCUT2D eigenvalue weighted by atomic mass is 16.5. The number of carbonyl (C=O) groups is 1. The number of anilines is 1. The normalized spacial score (nSPS) is 11.4. The topological polar surface area (TPSA) is 56.1 Å². The number of nitrogens with zero attached hydrogens (tertiary/aromatic N) is 2. The Balaban J connectivity index is 2.33. The minimum Gasteiger partial charge on any atom is -0.461 e. The van der Waals surface area contributed by atoms with Gasteiger partial charge in [0.2, 0.25) is 0 Å². The molecular weight excluding hydrogens is 302 g/mol. The Bertz CT molecular complexity index is 685. The maximum absolute atomic E-state index is 12.4. The van der Waals surface area contributed by atoms with Crippen LogP contribution in [0.25, 0.3) is 0 Å². The number of imidazole rings is 1. The Labute approximate surface area is 144 Å². The highest BCUT2D eigenvalue weighted by Crippen LogP contribution is 2.22. The zero-order valence-electron chi connectivity index (χ0n) is 15.2. The molecule has 0 atom stereocenters. The molecule has 2 aromatic rings. The molecule has 0 saturated carbocycles. The van der Waals surface area contributed by atoms with Gasteiger partial charge in [0.15, 0.2) is 11.5 Å². The molecule has 0 spiro atoms. The fourth-order valence-corrected chi connectivity index (χ4v) is 2.39. The van der Waals surface area contributed by atoms with Gasteiger partial charge in [0.05, 0.1) is 6.61 Å². The molecule has 0 radical (unpaired) electrons. The number of nitrogens with one attached hydrogen (secondary N) is 1. The van der Waals surface area contributed by atoms with Crippen LogP contribution in [0, 0.1) is 5.41 Å². The summed E-state index contributed by atoms with van der Waals surface area (Å²) in [5.41, 5.74) is 1.72. The van der Waals surface area contributed by atoms with Crippen LogP contribution in [0.15, 0.2) is 30.3 Å². The van der Waals surface area contributed by atoms with E-state index in [9.17, 15) is 4.79 Å². The largest absolute Gasteiger partial charge is 0.461 e. The van der Waals surface area contributed by atoms with Gasteiger partial charge in [-0.25, -0.2) is 9.78 Å². The fraction of sp³-hybridized carbons (Fsp3) is 0.474. The van der Waals surface area contributed by atoms with Crippen molar-refractivity contribution in [3.63, 3.8) is 0 Å². The van der Waals surface area contributed by atoms with Crippen molar-refractivity contribution in [3.05, 3.63) is 47.4 Å². The predicted octanol–water partition coefficient (Wildman–Crippen LogP) is 3.65. The first-order chi connectivity index (χ1) is 11.3. The lowest BCUT2D eigenvalue weighted by molar-refractivity contribution is 0.0516. The van der Waals surface area contributed by atoms with E-state index >= 15 is 0 Å². The minimum atomic E-state index is -0.344. The van der Waals surface area contributed by atoms with E-state index in [0.29, 0.717) is 24.5 Å². The molecule has 1 N–H and O–H groups in total. The van der Waals surface area contributed by atoms with Gasteiger partial charge in [0, 0.05) is 20.0 Å². The summed E-state index contributed by atoms with van der Waals surface area (Å²) >= 11 is 0. The number of esters is 1. The van der Waals surface area contributed by atoms with Crippen LogP contribution < -0.4 is 5.32 Å². The number of ether oxygens (including phenoxy) is 1. The number of benzene rings is 1. The summed E-state index contributed by atoms with van der Waals surface area (Å²) in [6, 6.07) is 10.1. The highest BCUT2D eigenvalue weighted by Gasteiger charge is 2.23. The third-order valence-electron chi connectivity index (χ3n) is 3.65. The quantitative estimate of drug-likeness (QED) is 0.822. The molecule has 1 heterocycles. The number of rotatable bonds is 6. The zero-order chi connectivity index (χ0) is 17.7. The van der Waals surface area contributed by atoms with Crippen LogP contribution in [0.2, 0.25) is 0 Å². The second-order valence-electron chi connectivity index (χ2n) is 7.08. The van der Waals surface area contributed by atoms with Gasteiger partial charge in [-0.05, 0) is 17.9 Å². The maximum Gasteiger partial charge on any atom is 0.358 e. The summed E-state index contributed by atoms with van der Waals surface area (Å²) in [7, 11) is 1.86. The first-order valence-corrected chi connectivity index (χ1v) is 8.32. The van der Waals surface area contributed by atoms with Gasteiger partial charge in [-0.2, -0.15) is 0 Å². The molecular formula is C19H27N3O2. The first-order valence-electron chi connectivity index (χ1n) is 8.32. The molecule has 24 heavy (non-hydrogen) atoms. The molecule has 0 aliphatic rings. The number of carbonyl (C=O) groups excluding carboxylic acids is 1. The maximum atomic E-state index is 12.4. The van der Waals surface area contributed by atoms with Crippen molar-refractivity contribution in [2.45, 2.75) is 34.1 Å². The number of aromatic nitrogens is 2. The van der Waals surface area contributed by atoms with Crippen molar-refractivity contribution in [2.24, 2.45) is 12.5 Å². The smallest absolute Gasteiger partial charge is 0.358 e. The van der Waals surface area contributed by atoms with Crippen LogP contribution in [0.5, 0.6) is 0 Å². The molecule has 0 aliphatic carbocycles. The second-order valence-corrected chi connectivity index (χ2v) is 7.08. The van der Waals surface area contributed by atoms with Crippen molar-refractivity contribution in [3.8, 4) is 0 Å². The van der Waals surface area contributed by atoms with Crippen molar-refractivity contribution in [2.75, 3.05) is 18.5 Å². The van der Waals surface area contributed by atoms with E-state index in [4.69, 9.17) is 4.74 Å². The van der Waals surface area contributed by atoms with Crippen LogP contribution in [0.1, 0.15) is 49.6 Å². The van der Waals surface area contributed by atoms with Crippen LogP contribution >= 0.6 is 0 Å². The van der Waals surface area contributed by atoms with E-state index in [2.05, 4.69) is 43.2 Å². The molecule has 0 unspecified atom stereocenters. The minimum absolute atomic E-state index is 0.0864. The van der Waals surface area contributed by atoms with Gasteiger partial charge >= 0.3 is 5.97 Å². The third-order valence-corrected chi connectivity index (χ3v) is 3.65.